The predicted octanol–water partition coefficient (Wildman–Crippen LogP) is -0.882. The second-order valence-corrected chi connectivity index (χ2v) is 7.68. The summed E-state index contributed by atoms with van der Waals surface area (Å²) in [5.74, 6) is 1.25. The largest absolute Gasteiger partial charge is 0.294 e. The Morgan fingerprint density at radius 3 is 2.13 bits per heavy atom. The number of nitrogens with zero attached hydrogens (tertiary/aromatic N) is 1. The number of benzene rings is 2. The van der Waals surface area contributed by atoms with E-state index in [2.05, 4.69) is 41.1 Å². The summed E-state index contributed by atoms with van der Waals surface area (Å²) < 4.78 is 36.2. The molecule has 1 atom stereocenters. The molecule has 1 aliphatic rings. The normalized spacial score (nSPS) is 15.3. The number of pyridine rings is 1. The van der Waals surface area contributed by atoms with Crippen LogP contribution in [-0.4, -0.2) is 12.3 Å². The van der Waals surface area contributed by atoms with E-state index in [0.717, 1.165) is 23.5 Å². The van der Waals surface area contributed by atoms with Crippen LogP contribution < -0.4 is 28.5 Å². The molecular weight excluding hydrogens is 408 g/mol. The molecule has 1 aliphatic heterocycles. The molecule has 1 N–H and O–H groups in total. The molecule has 0 radical (unpaired) electrons. The van der Waals surface area contributed by atoms with E-state index in [9.17, 15) is 4.79 Å². The molecule has 30 heavy (non-hydrogen) atoms. The molecule has 0 amide bonds. The molecular formula is C22H21ClN2O5. The van der Waals surface area contributed by atoms with Gasteiger partial charge in [-0.2, -0.15) is 0 Å². The van der Waals surface area contributed by atoms with E-state index in [-0.39, 0.29) is 11.7 Å². The maximum absolute atomic E-state index is 12.9. The highest BCUT2D eigenvalue weighted by Gasteiger charge is 2.30. The molecule has 2 heterocycles. The highest BCUT2D eigenvalue weighted by atomic mass is 35.7. The standard InChI is InChI=1S/C22H20N2O.ClHO4/c1-16-6-5-9-21-23-14-20(15-24(16)21)22(25)19-12-10-18(11-13-19)17-7-3-2-4-8-17;2-1(3,4)5/h2-13,20H,14-15H2,1H3;(H,2,3,4,5). The van der Waals surface area contributed by atoms with Crippen molar-refractivity contribution in [2.45, 2.75) is 13.5 Å². The number of rotatable bonds is 3. The Morgan fingerprint density at radius 1 is 0.900 bits per heavy atom. The predicted molar refractivity (Wildman–Crippen MR) is 99.6 cm³/mol. The Morgan fingerprint density at radius 2 is 1.50 bits per heavy atom. The topological polar surface area (TPSA) is 125 Å². The van der Waals surface area contributed by atoms with Gasteiger partial charge in [0.1, 0.15) is 12.2 Å². The molecule has 0 fully saturated rings. The van der Waals surface area contributed by atoms with Crippen molar-refractivity contribution in [1.29, 1.82) is 0 Å². The molecule has 7 nitrogen and oxygen atoms in total. The van der Waals surface area contributed by atoms with Gasteiger partial charge in [-0.25, -0.2) is 23.2 Å². The number of ketones is 1. The molecule has 0 saturated heterocycles. The summed E-state index contributed by atoms with van der Waals surface area (Å²) >= 11 is 0. The van der Waals surface area contributed by atoms with Crippen LogP contribution in [0.4, 0.5) is 5.82 Å². The smallest absolute Gasteiger partial charge is 0.274 e. The lowest BCUT2D eigenvalue weighted by Gasteiger charge is -2.21. The number of hydrogen-bond acceptors (Lipinski definition) is 6. The van der Waals surface area contributed by atoms with Crippen molar-refractivity contribution < 1.29 is 38.2 Å². The highest BCUT2D eigenvalue weighted by molar-refractivity contribution is 5.98. The lowest BCUT2D eigenvalue weighted by Crippen LogP contribution is -2.68. The van der Waals surface area contributed by atoms with Gasteiger partial charge in [0, 0.05) is 11.6 Å². The molecule has 8 heteroatoms. The van der Waals surface area contributed by atoms with Crippen LogP contribution >= 0.6 is 0 Å². The third-order valence-corrected chi connectivity index (χ3v) is 4.89. The maximum atomic E-state index is 12.9. The highest BCUT2D eigenvalue weighted by Crippen LogP contribution is 2.21. The number of nitrogens with one attached hydrogen (secondary N) is 1. The van der Waals surface area contributed by atoms with Gasteiger partial charge < -0.3 is 0 Å². The van der Waals surface area contributed by atoms with Crippen molar-refractivity contribution in [3.8, 4) is 11.1 Å². The number of anilines is 1. The van der Waals surface area contributed by atoms with Gasteiger partial charge in [0.2, 0.25) is 0 Å². The van der Waals surface area contributed by atoms with Crippen LogP contribution in [0.15, 0.2) is 72.8 Å². The average molecular weight is 429 g/mol. The first-order valence-corrected chi connectivity index (χ1v) is 10.5. The fraction of sp³-hybridized carbons (Fsp3) is 0.182. The molecule has 0 spiro atoms. The summed E-state index contributed by atoms with van der Waals surface area (Å²) in [6.07, 6.45) is 0. The number of hydrogen-bond donors (Lipinski definition) is 1. The fourth-order valence-electron chi connectivity index (χ4n) is 3.43. The molecule has 4 rings (SSSR count). The molecule has 0 saturated carbocycles. The first-order valence-electron chi connectivity index (χ1n) is 9.27. The monoisotopic (exact) mass is 428 g/mol. The fourth-order valence-corrected chi connectivity index (χ4v) is 3.43. The molecule has 0 bridgehead atoms. The van der Waals surface area contributed by atoms with Crippen LogP contribution in [0, 0.1) is 23.1 Å². The summed E-state index contributed by atoms with van der Waals surface area (Å²) in [5.41, 5.74) is 4.25. The minimum atomic E-state index is -4.94. The third-order valence-electron chi connectivity index (χ3n) is 4.89. The van der Waals surface area contributed by atoms with Gasteiger partial charge in [-0.15, -0.1) is 10.2 Å². The van der Waals surface area contributed by atoms with E-state index in [1.165, 1.54) is 11.3 Å². The molecule has 1 aromatic heterocycles. The summed E-state index contributed by atoms with van der Waals surface area (Å²) in [7, 11) is -4.94. The average Bonchev–Trinajstić information content (AvgIpc) is 2.73. The lowest BCUT2D eigenvalue weighted by molar-refractivity contribution is -2.00. The van der Waals surface area contributed by atoms with Crippen LogP contribution in [0.1, 0.15) is 16.1 Å². The molecule has 2 aromatic carbocycles. The van der Waals surface area contributed by atoms with E-state index in [1.54, 1.807) is 0 Å². The van der Waals surface area contributed by atoms with Gasteiger partial charge in [-0.3, -0.25) is 10.1 Å². The SMILES string of the molecule is Cc1cccc2[n+]1CC(C(=O)c1ccc(-c3ccccc3)cc1)CN2.[O-][Cl+3]([O-])([O-])[O-]. The first kappa shape index (κ1) is 21.9. The van der Waals surface area contributed by atoms with Gasteiger partial charge in [-0.05, 0) is 24.1 Å². The molecule has 0 aliphatic carbocycles. The van der Waals surface area contributed by atoms with Crippen molar-refractivity contribution in [3.63, 3.8) is 0 Å². The van der Waals surface area contributed by atoms with Crippen molar-refractivity contribution >= 4 is 11.6 Å². The Balaban J connectivity index is 0.000000461. The van der Waals surface area contributed by atoms with Gasteiger partial charge in [0.25, 0.3) is 5.82 Å². The number of halogens is 1. The lowest BCUT2D eigenvalue weighted by atomic mass is 9.94. The Hall–Kier alpha value is -2.81. The maximum Gasteiger partial charge on any atom is 0.274 e. The van der Waals surface area contributed by atoms with E-state index in [0.29, 0.717) is 6.54 Å². The minimum Gasteiger partial charge on any atom is -0.294 e. The van der Waals surface area contributed by atoms with E-state index in [4.69, 9.17) is 18.6 Å². The van der Waals surface area contributed by atoms with Gasteiger partial charge in [0.05, 0.1) is 12.5 Å². The zero-order valence-electron chi connectivity index (χ0n) is 16.3. The number of fused-ring (bicyclic) bond motifs is 1. The minimum absolute atomic E-state index is 0.0406. The Kier molecular flexibility index (Phi) is 6.81. The summed E-state index contributed by atoms with van der Waals surface area (Å²) in [6, 6.07) is 24.4. The van der Waals surface area contributed by atoms with Crippen LogP contribution in [0.25, 0.3) is 11.1 Å². The van der Waals surface area contributed by atoms with Crippen LogP contribution in [0.5, 0.6) is 0 Å². The van der Waals surface area contributed by atoms with Gasteiger partial charge >= 0.3 is 0 Å². The number of Topliss-reactive ketones (excluding diaryl/α,β-unsaturated/α-hetero) is 1. The van der Waals surface area contributed by atoms with E-state index in [1.807, 2.05) is 48.5 Å². The van der Waals surface area contributed by atoms with Crippen molar-refractivity contribution in [2.24, 2.45) is 5.92 Å². The molecule has 3 aromatic rings. The van der Waals surface area contributed by atoms with E-state index < -0.39 is 10.2 Å². The van der Waals surface area contributed by atoms with Gasteiger partial charge in [-0.1, -0.05) is 60.7 Å². The van der Waals surface area contributed by atoms with Crippen LogP contribution in [0.3, 0.4) is 0 Å². The number of carbonyl (C=O) groups excluding carboxylic acids is 1. The second kappa shape index (κ2) is 9.34. The zero-order valence-corrected chi connectivity index (χ0v) is 17.0. The van der Waals surface area contributed by atoms with Crippen LogP contribution in [0.2, 0.25) is 0 Å². The van der Waals surface area contributed by atoms with E-state index >= 15 is 0 Å². The molecule has 1 unspecified atom stereocenters. The quantitative estimate of drug-likeness (QED) is 0.426. The van der Waals surface area contributed by atoms with Crippen molar-refractivity contribution in [3.05, 3.63) is 84.1 Å². The Bertz CT molecular complexity index is 998. The summed E-state index contributed by atoms with van der Waals surface area (Å²) in [4.78, 5) is 12.9. The summed E-state index contributed by atoms with van der Waals surface area (Å²) in [5, 5.41) is 3.38. The molecule has 156 valence electrons. The summed E-state index contributed by atoms with van der Waals surface area (Å²) in [6.45, 7) is 3.49. The first-order chi connectivity index (χ1) is 14.2. The van der Waals surface area contributed by atoms with Crippen LogP contribution in [-0.2, 0) is 6.54 Å². The third kappa shape index (κ3) is 5.85. The van der Waals surface area contributed by atoms with Gasteiger partial charge in [0.15, 0.2) is 5.78 Å². The number of aromatic nitrogens is 1. The second-order valence-electron chi connectivity index (χ2n) is 6.93. The Labute approximate surface area is 176 Å². The number of aryl methyl sites for hydroxylation is 1. The van der Waals surface area contributed by atoms with Crippen molar-refractivity contribution in [1.82, 2.24) is 0 Å². The van der Waals surface area contributed by atoms with Crippen molar-refractivity contribution in [2.75, 3.05) is 11.9 Å². The number of carbonyl (C=O) groups is 1. The zero-order chi connectivity index (χ0) is 21.7.